The van der Waals surface area contributed by atoms with Crippen molar-refractivity contribution in [3.8, 4) is 0 Å². The summed E-state index contributed by atoms with van der Waals surface area (Å²) in [5.74, 6) is -1.67. The van der Waals surface area contributed by atoms with Crippen LogP contribution in [0, 0.1) is 11.8 Å². The minimum atomic E-state index is -1.63. The summed E-state index contributed by atoms with van der Waals surface area (Å²) in [4.78, 5) is 12.3. The predicted octanol–water partition coefficient (Wildman–Crippen LogP) is -1.33. The van der Waals surface area contributed by atoms with Gasteiger partial charge in [0, 0.05) is 12.0 Å². The summed E-state index contributed by atoms with van der Waals surface area (Å²) in [7, 11) is 0. The van der Waals surface area contributed by atoms with Crippen molar-refractivity contribution in [2.24, 2.45) is 11.8 Å². The van der Waals surface area contributed by atoms with E-state index in [1.54, 1.807) is 12.2 Å². The van der Waals surface area contributed by atoms with Crippen LogP contribution in [0.2, 0.25) is 0 Å². The van der Waals surface area contributed by atoms with Gasteiger partial charge in [0.15, 0.2) is 6.29 Å². The van der Waals surface area contributed by atoms with Crippen molar-refractivity contribution in [2.75, 3.05) is 13.2 Å². The molecule has 3 aliphatic heterocycles. The van der Waals surface area contributed by atoms with Gasteiger partial charge in [-0.25, -0.2) is 4.79 Å². The van der Waals surface area contributed by atoms with Crippen molar-refractivity contribution < 1.29 is 54.0 Å². The van der Waals surface area contributed by atoms with Crippen molar-refractivity contribution in [1.82, 2.24) is 0 Å². The first-order valence-corrected chi connectivity index (χ1v) is 11.4. The Labute approximate surface area is 200 Å². The number of epoxide rings is 1. The van der Waals surface area contributed by atoms with Gasteiger partial charge in [0.1, 0.15) is 42.7 Å². The standard InChI is InChI=1S/C24H28O11/c25-10-14-18(28)19(29)20(30)23(33-14)34-22-16-13(8-9-31-22)17(27)21-24(16,35-21)11-32-15(26)7-6-12-4-2-1-3-5-12/h1-9,13-14,16-23,25,27-30H,10-11H2/b7-6+/t13-,14+,16-,17+,18+,19-,20+,21+,22+,23-,24-/m0/s1. The van der Waals surface area contributed by atoms with E-state index in [2.05, 4.69) is 0 Å². The molecule has 5 rings (SSSR count). The molecule has 11 atom stereocenters. The average molecular weight is 492 g/mol. The van der Waals surface area contributed by atoms with Gasteiger partial charge in [-0.15, -0.1) is 0 Å². The summed E-state index contributed by atoms with van der Waals surface area (Å²) in [6.45, 7) is -0.776. The SMILES string of the molecule is O=C(/C=C/c1ccccc1)OC[C@@]12O[C@@H]1[C@H](O)[C@H]1C=CO[C@H](O[C@@H]3O[C@H](CO)[C@@H](O)[C@H](O)[C@H]3O)[C@H]12. The molecule has 11 heteroatoms. The number of benzene rings is 1. The third kappa shape index (κ3) is 4.39. The largest absolute Gasteiger partial charge is 0.472 e. The fourth-order valence-electron chi connectivity index (χ4n) is 5.11. The van der Waals surface area contributed by atoms with E-state index in [-0.39, 0.29) is 6.61 Å². The summed E-state index contributed by atoms with van der Waals surface area (Å²) in [5, 5.41) is 50.5. The fraction of sp³-hybridized carbons (Fsp3) is 0.542. The van der Waals surface area contributed by atoms with Crippen LogP contribution in [0.4, 0.5) is 0 Å². The molecular formula is C24H28O11. The van der Waals surface area contributed by atoms with E-state index >= 15 is 0 Å². The minimum absolute atomic E-state index is 0.167. The Morgan fingerprint density at radius 2 is 1.80 bits per heavy atom. The van der Waals surface area contributed by atoms with Gasteiger partial charge in [-0.05, 0) is 17.7 Å². The Kier molecular flexibility index (Phi) is 6.68. The highest BCUT2D eigenvalue weighted by molar-refractivity contribution is 5.87. The normalized spacial score (nSPS) is 43.9. The lowest BCUT2D eigenvalue weighted by Gasteiger charge is -2.43. The lowest BCUT2D eigenvalue weighted by molar-refractivity contribution is -0.344. The first kappa shape index (κ1) is 24.3. The highest BCUT2D eigenvalue weighted by atomic mass is 16.8. The third-order valence-corrected chi connectivity index (χ3v) is 7.03. The van der Waals surface area contributed by atoms with Crippen LogP contribution in [0.1, 0.15) is 5.56 Å². The van der Waals surface area contributed by atoms with Gasteiger partial charge in [0.05, 0.1) is 24.9 Å². The number of hydrogen-bond acceptors (Lipinski definition) is 11. The second-order valence-corrected chi connectivity index (χ2v) is 9.11. The Morgan fingerprint density at radius 1 is 1.03 bits per heavy atom. The van der Waals surface area contributed by atoms with Crippen molar-refractivity contribution in [3.63, 3.8) is 0 Å². The molecule has 3 heterocycles. The minimum Gasteiger partial charge on any atom is -0.472 e. The second kappa shape index (κ2) is 9.60. The second-order valence-electron chi connectivity index (χ2n) is 9.11. The Bertz CT molecular complexity index is 965. The molecule has 0 bridgehead atoms. The number of carbonyl (C=O) groups is 1. The van der Waals surface area contributed by atoms with E-state index in [0.29, 0.717) is 0 Å². The van der Waals surface area contributed by atoms with Crippen LogP contribution in [-0.4, -0.2) is 99.5 Å². The smallest absolute Gasteiger partial charge is 0.330 e. The molecule has 1 saturated carbocycles. The van der Waals surface area contributed by atoms with Crippen molar-refractivity contribution in [3.05, 3.63) is 54.3 Å². The highest BCUT2D eigenvalue weighted by Gasteiger charge is 2.76. The number of hydrogen-bond donors (Lipinski definition) is 5. The molecule has 5 N–H and O–H groups in total. The first-order chi connectivity index (χ1) is 16.9. The lowest BCUT2D eigenvalue weighted by Crippen LogP contribution is -2.60. The van der Waals surface area contributed by atoms with Crippen LogP contribution in [-0.2, 0) is 28.5 Å². The number of ether oxygens (including phenoxy) is 5. The maximum absolute atomic E-state index is 12.3. The third-order valence-electron chi connectivity index (χ3n) is 7.03. The number of esters is 1. The summed E-state index contributed by atoms with van der Waals surface area (Å²) >= 11 is 0. The maximum atomic E-state index is 12.3. The lowest BCUT2D eigenvalue weighted by atomic mass is 9.85. The Balaban J connectivity index is 1.28. The molecule has 0 unspecified atom stereocenters. The van der Waals surface area contributed by atoms with E-state index in [0.717, 1.165) is 5.56 Å². The van der Waals surface area contributed by atoms with E-state index < -0.39 is 79.2 Å². The maximum Gasteiger partial charge on any atom is 0.330 e. The number of carbonyl (C=O) groups excluding carboxylic acids is 1. The average Bonchev–Trinajstić information content (AvgIpc) is 3.56. The molecule has 1 aliphatic carbocycles. The number of fused-ring (bicyclic) bond motifs is 3. The van der Waals surface area contributed by atoms with Crippen LogP contribution in [0.25, 0.3) is 6.08 Å². The molecule has 0 aromatic heterocycles. The van der Waals surface area contributed by atoms with E-state index in [9.17, 15) is 30.3 Å². The van der Waals surface area contributed by atoms with Gasteiger partial charge in [0.2, 0.25) is 6.29 Å². The molecule has 0 radical (unpaired) electrons. The summed E-state index contributed by atoms with van der Waals surface area (Å²) in [5.41, 5.74) is -0.248. The molecule has 1 aromatic rings. The summed E-state index contributed by atoms with van der Waals surface area (Å²) < 4.78 is 28.1. The number of aliphatic hydroxyl groups excluding tert-OH is 5. The van der Waals surface area contributed by atoms with Gasteiger partial charge < -0.3 is 49.2 Å². The monoisotopic (exact) mass is 492 g/mol. The molecule has 190 valence electrons. The zero-order valence-electron chi connectivity index (χ0n) is 18.6. The van der Waals surface area contributed by atoms with E-state index in [1.807, 2.05) is 30.3 Å². The van der Waals surface area contributed by atoms with Crippen molar-refractivity contribution in [2.45, 2.75) is 54.8 Å². The van der Waals surface area contributed by atoms with Crippen molar-refractivity contribution >= 4 is 12.0 Å². The zero-order chi connectivity index (χ0) is 24.7. The highest BCUT2D eigenvalue weighted by Crippen LogP contribution is 2.60. The molecule has 0 amide bonds. The molecular weight excluding hydrogens is 464 g/mol. The molecule has 4 aliphatic rings. The van der Waals surface area contributed by atoms with Crippen molar-refractivity contribution in [1.29, 1.82) is 0 Å². The van der Waals surface area contributed by atoms with Crippen LogP contribution in [0.5, 0.6) is 0 Å². The van der Waals surface area contributed by atoms with Gasteiger partial charge >= 0.3 is 5.97 Å². The Morgan fingerprint density at radius 3 is 2.54 bits per heavy atom. The summed E-state index contributed by atoms with van der Waals surface area (Å²) in [6.07, 6.45) is -4.06. The number of aliphatic hydroxyl groups is 5. The Hall–Kier alpha value is -2.35. The van der Waals surface area contributed by atoms with Crippen LogP contribution >= 0.6 is 0 Å². The van der Waals surface area contributed by atoms with Crippen LogP contribution in [0.15, 0.2) is 48.7 Å². The van der Waals surface area contributed by atoms with Gasteiger partial charge in [0.25, 0.3) is 0 Å². The molecule has 2 saturated heterocycles. The fourth-order valence-corrected chi connectivity index (χ4v) is 5.11. The quantitative estimate of drug-likeness (QED) is 0.174. The first-order valence-electron chi connectivity index (χ1n) is 11.4. The van der Waals surface area contributed by atoms with Crippen LogP contribution in [0.3, 0.4) is 0 Å². The molecule has 0 spiro atoms. The van der Waals surface area contributed by atoms with Crippen LogP contribution < -0.4 is 0 Å². The van der Waals surface area contributed by atoms with Gasteiger partial charge in [-0.3, -0.25) is 0 Å². The van der Waals surface area contributed by atoms with Gasteiger partial charge in [-0.2, -0.15) is 0 Å². The molecule has 3 fully saturated rings. The predicted molar refractivity (Wildman–Crippen MR) is 116 cm³/mol. The topological polar surface area (TPSA) is 168 Å². The summed E-state index contributed by atoms with van der Waals surface area (Å²) in [6, 6.07) is 9.24. The van der Waals surface area contributed by atoms with Gasteiger partial charge in [-0.1, -0.05) is 30.3 Å². The molecule has 11 nitrogen and oxygen atoms in total. The number of rotatable bonds is 7. The van der Waals surface area contributed by atoms with E-state index in [4.69, 9.17) is 23.7 Å². The molecule has 35 heavy (non-hydrogen) atoms. The zero-order valence-corrected chi connectivity index (χ0v) is 18.6. The van der Waals surface area contributed by atoms with E-state index in [1.165, 1.54) is 12.3 Å². The molecule has 1 aromatic carbocycles.